The lowest BCUT2D eigenvalue weighted by Gasteiger charge is -2.16. The van der Waals surface area contributed by atoms with Gasteiger partial charge in [-0.05, 0) is 20.8 Å². The van der Waals surface area contributed by atoms with Gasteiger partial charge in [0.2, 0.25) is 11.6 Å². The minimum Gasteiger partial charge on any atom is -0.506 e. The molecule has 4 heteroatoms. The standard InChI is InChI=1S/C15H15NO3/c1-15(2,3)16-8-11-12(17)9-6-4-5-7-10(9)13(18)14(11)19/h4-8,17H,1-3H3. The molecule has 1 aromatic carbocycles. The quantitative estimate of drug-likeness (QED) is 0.621. The molecule has 1 aromatic rings. The molecule has 0 amide bonds. The first kappa shape index (κ1) is 13.2. The number of Topliss-reactive ketones (excluding diaryl/α,β-unsaturated/α-hetero) is 2. The number of aliphatic hydroxyl groups is 1. The molecule has 1 N–H and O–H groups in total. The number of ketones is 2. The van der Waals surface area contributed by atoms with Gasteiger partial charge in [-0.2, -0.15) is 0 Å². The molecule has 0 aliphatic heterocycles. The second-order valence-corrected chi connectivity index (χ2v) is 5.40. The molecule has 0 spiro atoms. The Balaban J connectivity index is 2.58. The summed E-state index contributed by atoms with van der Waals surface area (Å²) in [5.74, 6) is -1.51. The minimum atomic E-state index is -0.718. The highest BCUT2D eigenvalue weighted by Crippen LogP contribution is 2.27. The molecule has 0 fully saturated rings. The largest absolute Gasteiger partial charge is 0.506 e. The van der Waals surface area contributed by atoms with Crippen molar-refractivity contribution in [2.24, 2.45) is 4.99 Å². The predicted octanol–water partition coefficient (Wildman–Crippen LogP) is 2.59. The summed E-state index contributed by atoms with van der Waals surface area (Å²) in [6.07, 6.45) is 1.28. The van der Waals surface area contributed by atoms with Crippen molar-refractivity contribution in [1.82, 2.24) is 0 Å². The van der Waals surface area contributed by atoms with Crippen molar-refractivity contribution in [2.45, 2.75) is 26.3 Å². The summed E-state index contributed by atoms with van der Waals surface area (Å²) in [6.45, 7) is 5.60. The number of aliphatic imine (C=N–C) groups is 1. The number of nitrogens with zero attached hydrogens (tertiary/aromatic N) is 1. The maximum atomic E-state index is 12.0. The van der Waals surface area contributed by atoms with E-state index in [-0.39, 0.29) is 22.4 Å². The molecule has 0 aromatic heterocycles. The van der Waals surface area contributed by atoms with E-state index in [0.29, 0.717) is 5.56 Å². The van der Waals surface area contributed by atoms with Gasteiger partial charge in [0.15, 0.2) is 0 Å². The van der Waals surface area contributed by atoms with Crippen molar-refractivity contribution < 1.29 is 14.7 Å². The molecular formula is C15H15NO3. The van der Waals surface area contributed by atoms with Crippen LogP contribution >= 0.6 is 0 Å². The number of hydrogen-bond donors (Lipinski definition) is 1. The van der Waals surface area contributed by atoms with Crippen LogP contribution in [0.2, 0.25) is 0 Å². The van der Waals surface area contributed by atoms with Crippen LogP contribution in [0.4, 0.5) is 0 Å². The predicted molar refractivity (Wildman–Crippen MR) is 73.6 cm³/mol. The summed E-state index contributed by atoms with van der Waals surface area (Å²) < 4.78 is 0. The third-order valence-electron chi connectivity index (χ3n) is 2.71. The molecule has 0 heterocycles. The van der Waals surface area contributed by atoms with Gasteiger partial charge < -0.3 is 5.11 Å². The van der Waals surface area contributed by atoms with E-state index in [2.05, 4.69) is 4.99 Å². The molecule has 1 aliphatic carbocycles. The van der Waals surface area contributed by atoms with Gasteiger partial charge in [0.05, 0.1) is 11.1 Å². The molecule has 0 radical (unpaired) electrons. The monoisotopic (exact) mass is 257 g/mol. The first-order valence-corrected chi connectivity index (χ1v) is 5.98. The van der Waals surface area contributed by atoms with E-state index >= 15 is 0 Å². The van der Waals surface area contributed by atoms with Crippen molar-refractivity contribution in [3.63, 3.8) is 0 Å². The third kappa shape index (κ3) is 2.47. The van der Waals surface area contributed by atoms with E-state index in [1.165, 1.54) is 12.3 Å². The van der Waals surface area contributed by atoms with E-state index < -0.39 is 11.6 Å². The molecule has 0 bridgehead atoms. The first-order chi connectivity index (χ1) is 8.81. The number of fused-ring (bicyclic) bond motifs is 1. The van der Waals surface area contributed by atoms with Gasteiger partial charge in [0.25, 0.3) is 0 Å². The van der Waals surface area contributed by atoms with Crippen LogP contribution < -0.4 is 0 Å². The van der Waals surface area contributed by atoms with Crippen LogP contribution in [0.1, 0.15) is 36.7 Å². The molecule has 0 saturated carbocycles. The van der Waals surface area contributed by atoms with Gasteiger partial charge in [-0.3, -0.25) is 14.6 Å². The zero-order chi connectivity index (χ0) is 14.2. The van der Waals surface area contributed by atoms with Crippen LogP contribution in [-0.2, 0) is 4.79 Å². The second kappa shape index (κ2) is 4.46. The molecule has 1 aliphatic rings. The van der Waals surface area contributed by atoms with E-state index in [1.807, 2.05) is 20.8 Å². The SMILES string of the molecule is CC(C)(C)N=CC1=C(O)c2ccccc2C(=O)C1=O. The zero-order valence-electron chi connectivity index (χ0n) is 11.1. The minimum absolute atomic E-state index is 0.0429. The summed E-state index contributed by atoms with van der Waals surface area (Å²) in [7, 11) is 0. The summed E-state index contributed by atoms with van der Waals surface area (Å²) in [6, 6.07) is 6.51. The molecule has 0 saturated heterocycles. The van der Waals surface area contributed by atoms with E-state index in [1.54, 1.807) is 18.2 Å². The smallest absolute Gasteiger partial charge is 0.238 e. The number of benzene rings is 1. The van der Waals surface area contributed by atoms with Gasteiger partial charge in [-0.15, -0.1) is 0 Å². The van der Waals surface area contributed by atoms with Crippen molar-refractivity contribution >= 4 is 23.5 Å². The summed E-state index contributed by atoms with van der Waals surface area (Å²) in [4.78, 5) is 28.1. The Morgan fingerprint density at radius 2 is 1.63 bits per heavy atom. The van der Waals surface area contributed by atoms with Crippen LogP contribution in [0.15, 0.2) is 34.8 Å². The maximum absolute atomic E-state index is 12.0. The summed E-state index contributed by atoms with van der Waals surface area (Å²) in [5.41, 5.74) is 0.187. The second-order valence-electron chi connectivity index (χ2n) is 5.40. The van der Waals surface area contributed by atoms with Crippen molar-refractivity contribution in [1.29, 1.82) is 0 Å². The van der Waals surface area contributed by atoms with Gasteiger partial charge in [-0.25, -0.2) is 0 Å². The number of hydrogen-bond acceptors (Lipinski definition) is 4. The average Bonchev–Trinajstić information content (AvgIpc) is 2.35. The molecule has 2 rings (SSSR count). The lowest BCUT2D eigenvalue weighted by Crippen LogP contribution is -2.25. The van der Waals surface area contributed by atoms with Gasteiger partial charge in [-0.1, -0.05) is 24.3 Å². The molecule has 0 atom stereocenters. The Kier molecular flexibility index (Phi) is 3.10. The van der Waals surface area contributed by atoms with E-state index in [0.717, 1.165) is 0 Å². The third-order valence-corrected chi connectivity index (χ3v) is 2.71. The van der Waals surface area contributed by atoms with Crippen LogP contribution in [-0.4, -0.2) is 28.4 Å². The van der Waals surface area contributed by atoms with Crippen LogP contribution in [0, 0.1) is 0 Å². The fraction of sp³-hybridized carbons (Fsp3) is 0.267. The topological polar surface area (TPSA) is 66.7 Å². The number of carbonyl (C=O) groups is 2. The van der Waals surface area contributed by atoms with E-state index in [4.69, 9.17) is 0 Å². The Hall–Kier alpha value is -2.23. The lowest BCUT2D eigenvalue weighted by atomic mass is 9.89. The molecule has 98 valence electrons. The molecule has 19 heavy (non-hydrogen) atoms. The highest BCUT2D eigenvalue weighted by Gasteiger charge is 2.31. The highest BCUT2D eigenvalue weighted by molar-refractivity contribution is 6.56. The van der Waals surface area contributed by atoms with Crippen molar-refractivity contribution in [2.75, 3.05) is 0 Å². The first-order valence-electron chi connectivity index (χ1n) is 5.98. The molecule has 0 unspecified atom stereocenters. The lowest BCUT2D eigenvalue weighted by molar-refractivity contribution is -0.111. The zero-order valence-corrected chi connectivity index (χ0v) is 11.1. The van der Waals surface area contributed by atoms with Crippen molar-refractivity contribution in [3.05, 3.63) is 41.0 Å². The Bertz CT molecular complexity index is 619. The van der Waals surface area contributed by atoms with E-state index in [9.17, 15) is 14.7 Å². The molecule has 4 nitrogen and oxygen atoms in total. The fourth-order valence-electron chi connectivity index (χ4n) is 1.76. The summed E-state index contributed by atoms with van der Waals surface area (Å²) in [5, 5.41) is 10.1. The number of rotatable bonds is 1. The summed E-state index contributed by atoms with van der Waals surface area (Å²) >= 11 is 0. The highest BCUT2D eigenvalue weighted by atomic mass is 16.3. The fourth-order valence-corrected chi connectivity index (χ4v) is 1.76. The number of carbonyl (C=O) groups excluding carboxylic acids is 2. The van der Waals surface area contributed by atoms with Gasteiger partial charge >= 0.3 is 0 Å². The normalized spacial score (nSPS) is 16.2. The van der Waals surface area contributed by atoms with Crippen LogP contribution in [0.3, 0.4) is 0 Å². The number of aliphatic hydroxyl groups excluding tert-OH is 1. The maximum Gasteiger partial charge on any atom is 0.238 e. The number of allylic oxidation sites excluding steroid dienone is 1. The average molecular weight is 257 g/mol. The Labute approximate surface area is 111 Å². The van der Waals surface area contributed by atoms with Crippen LogP contribution in [0.5, 0.6) is 0 Å². The Morgan fingerprint density at radius 1 is 1.05 bits per heavy atom. The van der Waals surface area contributed by atoms with Gasteiger partial charge in [0.1, 0.15) is 5.76 Å². The molecular weight excluding hydrogens is 242 g/mol. The Morgan fingerprint density at radius 3 is 2.21 bits per heavy atom. The van der Waals surface area contributed by atoms with Crippen molar-refractivity contribution in [3.8, 4) is 0 Å². The van der Waals surface area contributed by atoms with Crippen LogP contribution in [0.25, 0.3) is 5.76 Å². The van der Waals surface area contributed by atoms with Gasteiger partial charge in [0, 0.05) is 17.3 Å².